The molecule has 3 N–H and O–H groups in total. The number of carbonyl (C=O) groups is 1. The van der Waals surface area contributed by atoms with Crippen molar-refractivity contribution in [2.45, 2.75) is 38.6 Å². The van der Waals surface area contributed by atoms with Crippen LogP contribution in [0.15, 0.2) is 0 Å². The Balaban J connectivity index is 1.58. The van der Waals surface area contributed by atoms with Crippen molar-refractivity contribution in [3.05, 3.63) is 0 Å². The Morgan fingerprint density at radius 2 is 2.21 bits per heavy atom. The molecule has 0 aromatic rings. The first-order chi connectivity index (χ1) is 6.66. The fourth-order valence-corrected chi connectivity index (χ4v) is 1.91. The summed E-state index contributed by atoms with van der Waals surface area (Å²) in [4.78, 5) is 11.4. The standard InChI is InChI=1S/C11H20N2O/c1-7-4-9(7)6-13-11(14)5-10(12)8-2-3-8/h7-10H,2-6,12H2,1H3,(H,13,14). The smallest absolute Gasteiger partial charge is 0.221 e. The molecule has 3 unspecified atom stereocenters. The van der Waals surface area contributed by atoms with Crippen LogP contribution in [0, 0.1) is 17.8 Å². The Morgan fingerprint density at radius 1 is 1.57 bits per heavy atom. The minimum absolute atomic E-state index is 0.103. The summed E-state index contributed by atoms with van der Waals surface area (Å²) in [5, 5.41) is 2.97. The van der Waals surface area contributed by atoms with Gasteiger partial charge < -0.3 is 11.1 Å². The van der Waals surface area contributed by atoms with Gasteiger partial charge in [-0.25, -0.2) is 0 Å². The van der Waals surface area contributed by atoms with Gasteiger partial charge >= 0.3 is 0 Å². The summed E-state index contributed by atoms with van der Waals surface area (Å²) in [6.45, 7) is 3.09. The molecule has 80 valence electrons. The Morgan fingerprint density at radius 3 is 2.71 bits per heavy atom. The highest BCUT2D eigenvalue weighted by atomic mass is 16.1. The molecule has 0 radical (unpaired) electrons. The van der Waals surface area contributed by atoms with Crippen molar-refractivity contribution in [3.63, 3.8) is 0 Å². The maximum Gasteiger partial charge on any atom is 0.221 e. The third-order valence-corrected chi connectivity index (χ3v) is 3.49. The Bertz CT molecular complexity index is 225. The van der Waals surface area contributed by atoms with E-state index in [9.17, 15) is 4.79 Å². The lowest BCUT2D eigenvalue weighted by molar-refractivity contribution is -0.121. The predicted octanol–water partition coefficient (Wildman–Crippen LogP) is 0.886. The average Bonchev–Trinajstić information content (AvgIpc) is 2.96. The number of carbonyl (C=O) groups excluding carboxylic acids is 1. The topological polar surface area (TPSA) is 55.1 Å². The maximum atomic E-state index is 11.4. The van der Waals surface area contributed by atoms with Crippen molar-refractivity contribution >= 4 is 5.91 Å². The van der Waals surface area contributed by atoms with Gasteiger partial charge in [0.2, 0.25) is 5.91 Å². The first-order valence-electron chi connectivity index (χ1n) is 5.69. The number of nitrogens with one attached hydrogen (secondary N) is 1. The predicted molar refractivity (Wildman–Crippen MR) is 55.6 cm³/mol. The molecule has 3 heteroatoms. The van der Waals surface area contributed by atoms with E-state index in [2.05, 4.69) is 12.2 Å². The van der Waals surface area contributed by atoms with Crippen LogP contribution < -0.4 is 11.1 Å². The number of amides is 1. The van der Waals surface area contributed by atoms with E-state index in [4.69, 9.17) is 5.73 Å². The zero-order chi connectivity index (χ0) is 10.1. The number of rotatable bonds is 5. The molecule has 1 amide bonds. The van der Waals surface area contributed by atoms with E-state index < -0.39 is 0 Å². The van der Waals surface area contributed by atoms with Gasteiger partial charge in [-0.1, -0.05) is 6.92 Å². The van der Waals surface area contributed by atoms with Crippen LogP contribution in [0.2, 0.25) is 0 Å². The molecule has 2 fully saturated rings. The van der Waals surface area contributed by atoms with Crippen molar-refractivity contribution in [2.75, 3.05) is 6.54 Å². The summed E-state index contributed by atoms with van der Waals surface area (Å²) in [7, 11) is 0. The van der Waals surface area contributed by atoms with Gasteiger partial charge in [0, 0.05) is 19.0 Å². The van der Waals surface area contributed by atoms with E-state index in [0.29, 0.717) is 12.3 Å². The lowest BCUT2D eigenvalue weighted by Gasteiger charge is -2.10. The van der Waals surface area contributed by atoms with Crippen LogP contribution in [0.25, 0.3) is 0 Å². The average molecular weight is 196 g/mol. The van der Waals surface area contributed by atoms with Crippen LogP contribution in [-0.2, 0) is 4.79 Å². The maximum absolute atomic E-state index is 11.4. The van der Waals surface area contributed by atoms with Gasteiger partial charge in [-0.2, -0.15) is 0 Å². The first kappa shape index (κ1) is 9.97. The minimum atomic E-state index is 0.103. The van der Waals surface area contributed by atoms with Crippen molar-refractivity contribution in [3.8, 4) is 0 Å². The monoisotopic (exact) mass is 196 g/mol. The highest BCUT2D eigenvalue weighted by molar-refractivity contribution is 5.76. The second-order valence-corrected chi connectivity index (χ2v) is 4.98. The lowest BCUT2D eigenvalue weighted by Crippen LogP contribution is -2.34. The Kier molecular flexibility index (Phi) is 2.77. The summed E-state index contributed by atoms with van der Waals surface area (Å²) < 4.78 is 0. The van der Waals surface area contributed by atoms with Crippen LogP contribution in [-0.4, -0.2) is 18.5 Å². The Hall–Kier alpha value is -0.570. The first-order valence-corrected chi connectivity index (χ1v) is 5.69. The van der Waals surface area contributed by atoms with E-state index in [1.54, 1.807) is 0 Å². The van der Waals surface area contributed by atoms with E-state index in [-0.39, 0.29) is 11.9 Å². The van der Waals surface area contributed by atoms with E-state index in [0.717, 1.165) is 18.4 Å². The molecule has 0 heterocycles. The molecule has 3 nitrogen and oxygen atoms in total. The van der Waals surface area contributed by atoms with Crippen LogP contribution in [0.1, 0.15) is 32.6 Å². The second-order valence-electron chi connectivity index (χ2n) is 4.98. The summed E-state index contributed by atoms with van der Waals surface area (Å²) in [6.07, 6.45) is 4.23. The van der Waals surface area contributed by atoms with E-state index >= 15 is 0 Å². The quantitative estimate of drug-likeness (QED) is 0.686. The van der Waals surface area contributed by atoms with Crippen molar-refractivity contribution < 1.29 is 4.79 Å². The molecular formula is C11H20N2O. The van der Waals surface area contributed by atoms with E-state index in [1.807, 2.05) is 0 Å². The molecule has 2 saturated carbocycles. The number of nitrogens with two attached hydrogens (primary N) is 1. The normalized spacial score (nSPS) is 32.4. The molecule has 0 aromatic heterocycles. The van der Waals surface area contributed by atoms with Crippen LogP contribution in [0.4, 0.5) is 0 Å². The van der Waals surface area contributed by atoms with Gasteiger partial charge in [0.1, 0.15) is 0 Å². The van der Waals surface area contributed by atoms with Gasteiger partial charge in [-0.05, 0) is 37.0 Å². The lowest BCUT2D eigenvalue weighted by atomic mass is 10.1. The highest BCUT2D eigenvalue weighted by Gasteiger charge is 2.33. The number of hydrogen-bond donors (Lipinski definition) is 2. The molecule has 14 heavy (non-hydrogen) atoms. The van der Waals surface area contributed by atoms with Gasteiger partial charge in [0.15, 0.2) is 0 Å². The summed E-state index contributed by atoms with van der Waals surface area (Å²) >= 11 is 0. The molecule has 0 spiro atoms. The van der Waals surface area contributed by atoms with Crippen molar-refractivity contribution in [1.82, 2.24) is 5.32 Å². The van der Waals surface area contributed by atoms with Crippen LogP contribution >= 0.6 is 0 Å². The van der Waals surface area contributed by atoms with Gasteiger partial charge in [0.05, 0.1) is 0 Å². The molecule has 0 aromatic carbocycles. The molecule has 2 rings (SSSR count). The third-order valence-electron chi connectivity index (χ3n) is 3.49. The van der Waals surface area contributed by atoms with Crippen molar-refractivity contribution in [2.24, 2.45) is 23.5 Å². The SMILES string of the molecule is CC1CC1CNC(=O)CC(N)C1CC1. The molecule has 0 saturated heterocycles. The van der Waals surface area contributed by atoms with Crippen LogP contribution in [0.5, 0.6) is 0 Å². The Labute approximate surface area is 85.4 Å². The molecule has 0 aliphatic heterocycles. The van der Waals surface area contributed by atoms with Gasteiger partial charge in [0.25, 0.3) is 0 Å². The molecule has 2 aliphatic rings. The number of hydrogen-bond acceptors (Lipinski definition) is 2. The second kappa shape index (κ2) is 3.89. The summed E-state index contributed by atoms with van der Waals surface area (Å²) in [5.74, 6) is 2.31. The summed E-state index contributed by atoms with van der Waals surface area (Å²) in [5.41, 5.74) is 5.87. The fraction of sp³-hybridized carbons (Fsp3) is 0.909. The molecular weight excluding hydrogens is 176 g/mol. The molecule has 0 bridgehead atoms. The zero-order valence-corrected chi connectivity index (χ0v) is 8.83. The molecule has 2 aliphatic carbocycles. The van der Waals surface area contributed by atoms with Crippen molar-refractivity contribution in [1.29, 1.82) is 0 Å². The van der Waals surface area contributed by atoms with Gasteiger partial charge in [-0.15, -0.1) is 0 Å². The fourth-order valence-electron chi connectivity index (χ4n) is 1.91. The van der Waals surface area contributed by atoms with E-state index in [1.165, 1.54) is 19.3 Å². The highest BCUT2D eigenvalue weighted by Crippen LogP contribution is 2.37. The van der Waals surface area contributed by atoms with Crippen LogP contribution in [0.3, 0.4) is 0 Å². The largest absolute Gasteiger partial charge is 0.356 e. The minimum Gasteiger partial charge on any atom is -0.356 e. The zero-order valence-electron chi connectivity index (χ0n) is 8.83. The summed E-state index contributed by atoms with van der Waals surface area (Å²) in [6, 6.07) is 0.103. The van der Waals surface area contributed by atoms with Gasteiger partial charge in [-0.3, -0.25) is 4.79 Å². The molecule has 3 atom stereocenters. The third kappa shape index (κ3) is 2.71.